The summed E-state index contributed by atoms with van der Waals surface area (Å²) in [5.74, 6) is -5.21. The molecular formula is C26H23F6N5O6. The lowest BCUT2D eigenvalue weighted by atomic mass is 10.1. The molecule has 0 aromatic carbocycles. The molecule has 0 radical (unpaired) electrons. The Morgan fingerprint density at radius 3 is 2.05 bits per heavy atom. The lowest BCUT2D eigenvalue weighted by molar-refractivity contribution is -0.193. The van der Waals surface area contributed by atoms with Crippen molar-refractivity contribution in [1.82, 2.24) is 24.2 Å². The minimum absolute atomic E-state index is 0.0212. The van der Waals surface area contributed by atoms with Gasteiger partial charge in [0.25, 0.3) is 5.91 Å². The first kappa shape index (κ1) is 32.6. The highest BCUT2D eigenvalue weighted by atomic mass is 19.4. The third kappa shape index (κ3) is 8.54. The number of hydrogen-bond donors (Lipinski definition) is 2. The average Bonchev–Trinajstić information content (AvgIpc) is 3.63. The number of carbonyl (C=O) groups is 3. The molecule has 1 atom stereocenters. The number of rotatable bonds is 3. The van der Waals surface area contributed by atoms with Crippen molar-refractivity contribution in [3.05, 3.63) is 78.8 Å². The molecule has 5 heterocycles. The lowest BCUT2D eigenvalue weighted by Crippen LogP contribution is -2.49. The summed E-state index contributed by atoms with van der Waals surface area (Å²) in [5.41, 5.74) is 3.98. The Morgan fingerprint density at radius 2 is 1.51 bits per heavy atom. The number of amides is 1. The minimum atomic E-state index is -5.08. The summed E-state index contributed by atoms with van der Waals surface area (Å²) in [6, 6.07) is 13.5. The Balaban J connectivity index is 0.000000303. The number of fused-ring (bicyclic) bond motifs is 1. The molecule has 1 saturated heterocycles. The maximum absolute atomic E-state index is 12.7. The standard InChI is InChI=1S/C22H21N5O2.2C2HF3O2/c1-25-11-12-26(22(28)20-5-3-13-29-20)15-19(25)17-14-27-18(4-2-6-21(27)24-17)16-7-9-23-10-8-16;2*3-2(4,5)1(6)7/h2-10,13-14,19H,11-12,15H2,1H3;2*(H,6,7). The molecule has 4 aromatic rings. The number of imidazole rings is 1. The quantitative estimate of drug-likeness (QED) is 0.321. The Hall–Kier alpha value is -4.93. The van der Waals surface area contributed by atoms with Crippen LogP contribution in [-0.4, -0.2) is 91.3 Å². The highest BCUT2D eigenvalue weighted by Gasteiger charge is 2.39. The topological polar surface area (TPSA) is 141 Å². The third-order valence-corrected chi connectivity index (χ3v) is 5.98. The number of carboxylic acids is 2. The van der Waals surface area contributed by atoms with Gasteiger partial charge in [0.2, 0.25) is 0 Å². The average molecular weight is 615 g/mol. The molecular weight excluding hydrogens is 592 g/mol. The second-order valence-corrected chi connectivity index (χ2v) is 8.87. The maximum atomic E-state index is 12.7. The van der Waals surface area contributed by atoms with Gasteiger partial charge in [-0.25, -0.2) is 14.6 Å². The molecule has 5 rings (SSSR count). The Labute approximate surface area is 238 Å². The van der Waals surface area contributed by atoms with E-state index in [1.54, 1.807) is 24.5 Å². The van der Waals surface area contributed by atoms with E-state index in [2.05, 4.69) is 33.6 Å². The minimum Gasteiger partial charge on any atom is -0.475 e. The van der Waals surface area contributed by atoms with E-state index in [0.717, 1.165) is 29.1 Å². The molecule has 1 aliphatic heterocycles. The number of furan rings is 1. The van der Waals surface area contributed by atoms with E-state index in [9.17, 15) is 31.1 Å². The molecule has 1 fully saturated rings. The van der Waals surface area contributed by atoms with Gasteiger partial charge in [-0.1, -0.05) is 6.07 Å². The summed E-state index contributed by atoms with van der Waals surface area (Å²) in [6.45, 7) is 2.02. The number of hydrogen-bond acceptors (Lipinski definition) is 7. The summed E-state index contributed by atoms with van der Waals surface area (Å²) in [5, 5.41) is 14.2. The SMILES string of the molecule is CN1CCN(C(=O)c2ccco2)CC1c1cn2c(-c3ccncc3)cccc2n1.O=C(O)C(F)(F)F.O=C(O)C(F)(F)F. The van der Waals surface area contributed by atoms with Crippen molar-refractivity contribution in [2.75, 3.05) is 26.7 Å². The van der Waals surface area contributed by atoms with Crippen LogP contribution in [-0.2, 0) is 9.59 Å². The molecule has 1 unspecified atom stereocenters. The normalized spacial score (nSPS) is 15.6. The van der Waals surface area contributed by atoms with Crippen LogP contribution in [0.1, 0.15) is 22.3 Å². The number of carboxylic acid groups (broad SMARTS) is 2. The molecule has 1 aliphatic rings. The molecule has 0 aliphatic carbocycles. The molecule has 230 valence electrons. The fraction of sp³-hybridized carbons (Fsp3) is 0.269. The number of aliphatic carboxylic acids is 2. The number of carbonyl (C=O) groups excluding carboxylic acids is 1. The van der Waals surface area contributed by atoms with E-state index >= 15 is 0 Å². The molecule has 11 nitrogen and oxygen atoms in total. The fourth-order valence-corrected chi connectivity index (χ4v) is 3.88. The summed E-state index contributed by atoms with van der Waals surface area (Å²) < 4.78 is 70.9. The van der Waals surface area contributed by atoms with Gasteiger partial charge in [0.15, 0.2) is 5.76 Å². The van der Waals surface area contributed by atoms with E-state index < -0.39 is 24.3 Å². The van der Waals surface area contributed by atoms with Crippen LogP contribution in [0.4, 0.5) is 26.3 Å². The molecule has 43 heavy (non-hydrogen) atoms. The third-order valence-electron chi connectivity index (χ3n) is 5.98. The molecule has 0 spiro atoms. The number of halogens is 6. The van der Waals surface area contributed by atoms with Gasteiger partial charge < -0.3 is 19.5 Å². The summed E-state index contributed by atoms with van der Waals surface area (Å²) >= 11 is 0. The number of likely N-dealkylation sites (N-methyl/N-ethyl adjacent to an activating group) is 1. The second-order valence-electron chi connectivity index (χ2n) is 8.87. The van der Waals surface area contributed by atoms with E-state index in [1.165, 1.54) is 6.26 Å². The monoisotopic (exact) mass is 615 g/mol. The van der Waals surface area contributed by atoms with Crippen LogP contribution in [0.5, 0.6) is 0 Å². The van der Waals surface area contributed by atoms with Crippen molar-refractivity contribution < 1.29 is 55.4 Å². The van der Waals surface area contributed by atoms with Gasteiger partial charge in [0.1, 0.15) is 5.65 Å². The van der Waals surface area contributed by atoms with Crippen LogP contribution >= 0.6 is 0 Å². The van der Waals surface area contributed by atoms with Crippen LogP contribution in [0.15, 0.2) is 71.7 Å². The zero-order chi connectivity index (χ0) is 31.9. The van der Waals surface area contributed by atoms with Crippen LogP contribution in [0.25, 0.3) is 16.9 Å². The van der Waals surface area contributed by atoms with Crippen molar-refractivity contribution >= 4 is 23.5 Å². The van der Waals surface area contributed by atoms with E-state index in [-0.39, 0.29) is 11.9 Å². The van der Waals surface area contributed by atoms with Gasteiger partial charge in [-0.15, -0.1) is 0 Å². The van der Waals surface area contributed by atoms with Crippen LogP contribution in [0.2, 0.25) is 0 Å². The highest BCUT2D eigenvalue weighted by molar-refractivity contribution is 5.91. The Bertz CT molecular complexity index is 1520. The molecule has 0 bridgehead atoms. The van der Waals surface area contributed by atoms with E-state index in [1.807, 2.05) is 29.2 Å². The number of piperazine rings is 1. The Kier molecular flexibility index (Phi) is 10.1. The van der Waals surface area contributed by atoms with Crippen molar-refractivity contribution in [2.24, 2.45) is 0 Å². The second kappa shape index (κ2) is 13.4. The molecule has 2 N–H and O–H groups in total. The van der Waals surface area contributed by atoms with Crippen molar-refractivity contribution in [2.45, 2.75) is 18.4 Å². The first-order valence-corrected chi connectivity index (χ1v) is 12.1. The predicted molar refractivity (Wildman–Crippen MR) is 136 cm³/mol. The highest BCUT2D eigenvalue weighted by Crippen LogP contribution is 2.27. The van der Waals surface area contributed by atoms with Gasteiger partial charge in [-0.3, -0.25) is 19.1 Å². The largest absolute Gasteiger partial charge is 0.490 e. The fourth-order valence-electron chi connectivity index (χ4n) is 3.88. The van der Waals surface area contributed by atoms with E-state index in [4.69, 9.17) is 29.2 Å². The van der Waals surface area contributed by atoms with Crippen molar-refractivity contribution in [3.63, 3.8) is 0 Å². The van der Waals surface area contributed by atoms with Crippen LogP contribution in [0.3, 0.4) is 0 Å². The zero-order valence-electron chi connectivity index (χ0n) is 22.1. The number of nitrogens with zero attached hydrogens (tertiary/aromatic N) is 5. The van der Waals surface area contributed by atoms with Gasteiger partial charge in [0, 0.05) is 43.8 Å². The molecule has 1 amide bonds. The number of aromatic nitrogens is 3. The van der Waals surface area contributed by atoms with Gasteiger partial charge >= 0.3 is 24.3 Å². The van der Waals surface area contributed by atoms with E-state index in [0.29, 0.717) is 18.8 Å². The summed E-state index contributed by atoms with van der Waals surface area (Å²) in [6.07, 6.45) is -2.98. The number of pyridine rings is 2. The number of alkyl halides is 6. The lowest BCUT2D eigenvalue weighted by Gasteiger charge is -2.38. The van der Waals surface area contributed by atoms with Gasteiger partial charge in [-0.2, -0.15) is 26.3 Å². The maximum Gasteiger partial charge on any atom is 0.490 e. The smallest absolute Gasteiger partial charge is 0.475 e. The van der Waals surface area contributed by atoms with Crippen molar-refractivity contribution in [1.29, 1.82) is 0 Å². The summed E-state index contributed by atoms with van der Waals surface area (Å²) in [4.78, 5) is 43.6. The zero-order valence-corrected chi connectivity index (χ0v) is 22.1. The first-order chi connectivity index (χ1) is 20.1. The Morgan fingerprint density at radius 1 is 0.907 bits per heavy atom. The van der Waals surface area contributed by atoms with Crippen molar-refractivity contribution in [3.8, 4) is 11.3 Å². The molecule has 4 aromatic heterocycles. The van der Waals surface area contributed by atoms with Crippen LogP contribution in [0, 0.1) is 0 Å². The molecule has 0 saturated carbocycles. The van der Waals surface area contributed by atoms with Gasteiger partial charge in [0.05, 0.1) is 23.7 Å². The van der Waals surface area contributed by atoms with Crippen LogP contribution < -0.4 is 0 Å². The summed E-state index contributed by atoms with van der Waals surface area (Å²) in [7, 11) is 2.08. The predicted octanol–water partition coefficient (Wildman–Crippen LogP) is 4.38. The van der Waals surface area contributed by atoms with Gasteiger partial charge in [-0.05, 0) is 43.4 Å². The first-order valence-electron chi connectivity index (χ1n) is 12.1. The molecule has 17 heteroatoms.